The zero-order valence-corrected chi connectivity index (χ0v) is 13.0. The SMILES string of the molecule is Cc1c(NCc2ccc(Cl)cc2)nc2ccccc2c1Cl. The Hall–Kier alpha value is -1.77. The molecule has 2 aromatic carbocycles. The number of rotatable bonds is 3. The van der Waals surface area contributed by atoms with Gasteiger partial charge < -0.3 is 5.32 Å². The molecule has 0 aliphatic rings. The summed E-state index contributed by atoms with van der Waals surface area (Å²) in [6.07, 6.45) is 0. The molecule has 0 fully saturated rings. The maximum absolute atomic E-state index is 6.44. The van der Waals surface area contributed by atoms with Crippen LogP contribution in [0.5, 0.6) is 0 Å². The Morgan fingerprint density at radius 2 is 1.71 bits per heavy atom. The highest BCUT2D eigenvalue weighted by molar-refractivity contribution is 6.36. The lowest BCUT2D eigenvalue weighted by atomic mass is 10.1. The van der Waals surface area contributed by atoms with Gasteiger partial charge in [-0.2, -0.15) is 0 Å². The monoisotopic (exact) mass is 316 g/mol. The number of anilines is 1. The molecule has 0 aliphatic heterocycles. The molecular formula is C17H14Cl2N2. The van der Waals surface area contributed by atoms with E-state index in [1.807, 2.05) is 55.5 Å². The van der Waals surface area contributed by atoms with Crippen molar-refractivity contribution in [2.75, 3.05) is 5.32 Å². The van der Waals surface area contributed by atoms with Gasteiger partial charge in [0.05, 0.1) is 10.5 Å². The van der Waals surface area contributed by atoms with Crippen LogP contribution in [0.15, 0.2) is 48.5 Å². The van der Waals surface area contributed by atoms with Crippen molar-refractivity contribution in [3.63, 3.8) is 0 Å². The molecule has 0 bridgehead atoms. The number of hydrogen-bond donors (Lipinski definition) is 1. The lowest BCUT2D eigenvalue weighted by Crippen LogP contribution is -2.04. The number of nitrogens with zero attached hydrogens (tertiary/aromatic N) is 1. The molecule has 1 aromatic heterocycles. The lowest BCUT2D eigenvalue weighted by Gasteiger charge is -2.12. The van der Waals surface area contributed by atoms with Crippen LogP contribution >= 0.6 is 23.2 Å². The van der Waals surface area contributed by atoms with Gasteiger partial charge in [0.1, 0.15) is 5.82 Å². The highest BCUT2D eigenvalue weighted by Crippen LogP contribution is 2.30. The lowest BCUT2D eigenvalue weighted by molar-refractivity contribution is 1.11. The fourth-order valence-corrected chi connectivity index (χ4v) is 2.60. The van der Waals surface area contributed by atoms with Crippen LogP contribution in [-0.4, -0.2) is 4.98 Å². The molecule has 0 unspecified atom stereocenters. The van der Waals surface area contributed by atoms with Crippen LogP contribution in [0.3, 0.4) is 0 Å². The molecule has 3 rings (SSSR count). The smallest absolute Gasteiger partial charge is 0.131 e. The summed E-state index contributed by atoms with van der Waals surface area (Å²) in [7, 11) is 0. The summed E-state index contributed by atoms with van der Waals surface area (Å²) in [5.41, 5.74) is 3.00. The molecule has 0 saturated heterocycles. The average molecular weight is 317 g/mol. The van der Waals surface area contributed by atoms with Gasteiger partial charge in [0.25, 0.3) is 0 Å². The summed E-state index contributed by atoms with van der Waals surface area (Å²) in [6.45, 7) is 2.66. The van der Waals surface area contributed by atoms with E-state index in [0.29, 0.717) is 6.54 Å². The number of pyridine rings is 1. The second kappa shape index (κ2) is 5.92. The van der Waals surface area contributed by atoms with Crippen molar-refractivity contribution in [2.24, 2.45) is 0 Å². The molecule has 0 aliphatic carbocycles. The van der Waals surface area contributed by atoms with Crippen LogP contribution in [0.25, 0.3) is 10.9 Å². The van der Waals surface area contributed by atoms with Crippen molar-refractivity contribution in [2.45, 2.75) is 13.5 Å². The highest BCUT2D eigenvalue weighted by Gasteiger charge is 2.09. The summed E-state index contributed by atoms with van der Waals surface area (Å²) in [4.78, 5) is 4.65. The molecule has 21 heavy (non-hydrogen) atoms. The predicted molar refractivity (Wildman–Crippen MR) is 90.3 cm³/mol. The molecule has 1 N–H and O–H groups in total. The van der Waals surface area contributed by atoms with Gasteiger partial charge in [-0.15, -0.1) is 0 Å². The van der Waals surface area contributed by atoms with Gasteiger partial charge in [-0.25, -0.2) is 4.98 Å². The van der Waals surface area contributed by atoms with E-state index in [2.05, 4.69) is 10.3 Å². The predicted octanol–water partition coefficient (Wildman–Crippen LogP) is 5.46. The van der Waals surface area contributed by atoms with Crippen molar-refractivity contribution < 1.29 is 0 Å². The first-order valence-electron chi connectivity index (χ1n) is 6.68. The van der Waals surface area contributed by atoms with Gasteiger partial charge in [0, 0.05) is 22.5 Å². The van der Waals surface area contributed by atoms with Crippen LogP contribution in [-0.2, 0) is 6.54 Å². The Balaban J connectivity index is 1.90. The second-order valence-electron chi connectivity index (χ2n) is 4.90. The van der Waals surface area contributed by atoms with Gasteiger partial charge >= 0.3 is 0 Å². The molecule has 2 nitrogen and oxygen atoms in total. The summed E-state index contributed by atoms with van der Waals surface area (Å²) in [6, 6.07) is 15.6. The van der Waals surface area contributed by atoms with Crippen LogP contribution < -0.4 is 5.32 Å². The van der Waals surface area contributed by atoms with Crippen LogP contribution in [0.2, 0.25) is 10.0 Å². The molecule has 106 valence electrons. The maximum Gasteiger partial charge on any atom is 0.131 e. The number of halogens is 2. The van der Waals surface area contributed by atoms with Crippen molar-refractivity contribution in [1.82, 2.24) is 4.98 Å². The molecule has 0 atom stereocenters. The topological polar surface area (TPSA) is 24.9 Å². The van der Waals surface area contributed by atoms with E-state index in [4.69, 9.17) is 23.2 Å². The summed E-state index contributed by atoms with van der Waals surface area (Å²) in [5.74, 6) is 0.814. The number of nitrogens with one attached hydrogen (secondary N) is 1. The number of hydrogen-bond acceptors (Lipinski definition) is 2. The van der Waals surface area contributed by atoms with Crippen molar-refractivity contribution in [1.29, 1.82) is 0 Å². The van der Waals surface area contributed by atoms with Crippen LogP contribution in [0, 0.1) is 6.92 Å². The Morgan fingerprint density at radius 3 is 2.48 bits per heavy atom. The van der Waals surface area contributed by atoms with Crippen LogP contribution in [0.1, 0.15) is 11.1 Å². The molecule has 0 radical (unpaired) electrons. The van der Waals surface area contributed by atoms with E-state index >= 15 is 0 Å². The Morgan fingerprint density at radius 1 is 1.00 bits per heavy atom. The third-order valence-electron chi connectivity index (χ3n) is 3.43. The Kier molecular flexibility index (Phi) is 4.00. The number of aromatic nitrogens is 1. The quantitative estimate of drug-likeness (QED) is 0.693. The molecule has 0 spiro atoms. The van der Waals surface area contributed by atoms with Gasteiger partial charge in [-0.05, 0) is 30.7 Å². The number of para-hydroxylation sites is 1. The first-order valence-corrected chi connectivity index (χ1v) is 7.44. The van der Waals surface area contributed by atoms with Gasteiger partial charge in [0.2, 0.25) is 0 Å². The zero-order valence-electron chi connectivity index (χ0n) is 11.5. The van der Waals surface area contributed by atoms with Crippen LogP contribution in [0.4, 0.5) is 5.82 Å². The zero-order chi connectivity index (χ0) is 14.8. The number of fused-ring (bicyclic) bond motifs is 1. The molecule has 0 saturated carbocycles. The third-order valence-corrected chi connectivity index (χ3v) is 4.17. The van der Waals surface area contributed by atoms with E-state index < -0.39 is 0 Å². The van der Waals surface area contributed by atoms with Gasteiger partial charge in [-0.1, -0.05) is 53.5 Å². The highest BCUT2D eigenvalue weighted by atomic mass is 35.5. The van der Waals surface area contributed by atoms with E-state index in [1.54, 1.807) is 0 Å². The summed E-state index contributed by atoms with van der Waals surface area (Å²) >= 11 is 12.3. The van der Waals surface area contributed by atoms with Gasteiger partial charge in [-0.3, -0.25) is 0 Å². The van der Waals surface area contributed by atoms with Crippen molar-refractivity contribution in [3.05, 3.63) is 69.7 Å². The van der Waals surface area contributed by atoms with Crippen molar-refractivity contribution in [3.8, 4) is 0 Å². The minimum absolute atomic E-state index is 0.680. The largest absolute Gasteiger partial charge is 0.366 e. The normalized spacial score (nSPS) is 10.8. The minimum Gasteiger partial charge on any atom is -0.366 e. The van der Waals surface area contributed by atoms with E-state index in [1.165, 1.54) is 0 Å². The van der Waals surface area contributed by atoms with E-state index in [9.17, 15) is 0 Å². The summed E-state index contributed by atoms with van der Waals surface area (Å²) < 4.78 is 0. The third kappa shape index (κ3) is 2.97. The second-order valence-corrected chi connectivity index (χ2v) is 5.71. The fourth-order valence-electron chi connectivity index (χ4n) is 2.23. The first-order chi connectivity index (χ1) is 10.1. The molecule has 4 heteroatoms. The standard InChI is InChI=1S/C17H14Cl2N2/c1-11-16(19)14-4-2-3-5-15(14)21-17(11)20-10-12-6-8-13(18)9-7-12/h2-9H,10H2,1H3,(H,20,21). The Labute approximate surface area is 133 Å². The number of benzene rings is 2. The van der Waals surface area contributed by atoms with E-state index in [-0.39, 0.29) is 0 Å². The average Bonchev–Trinajstić information content (AvgIpc) is 2.51. The van der Waals surface area contributed by atoms with Gasteiger partial charge in [0.15, 0.2) is 0 Å². The summed E-state index contributed by atoms with van der Waals surface area (Å²) in [5, 5.41) is 5.81. The first kappa shape index (κ1) is 14.2. The molecular weight excluding hydrogens is 303 g/mol. The van der Waals surface area contributed by atoms with E-state index in [0.717, 1.165) is 37.9 Å². The maximum atomic E-state index is 6.44. The molecule has 0 amide bonds. The Bertz CT molecular complexity index is 783. The molecule has 3 aromatic rings. The minimum atomic E-state index is 0.680. The fraction of sp³-hybridized carbons (Fsp3) is 0.118. The molecule has 1 heterocycles. The van der Waals surface area contributed by atoms with Crippen molar-refractivity contribution >= 4 is 39.9 Å².